The summed E-state index contributed by atoms with van der Waals surface area (Å²) in [6.45, 7) is 0. The van der Waals surface area contributed by atoms with E-state index in [1.807, 2.05) is 0 Å². The second-order valence-corrected chi connectivity index (χ2v) is 2.75. The van der Waals surface area contributed by atoms with E-state index < -0.39 is 24.1 Å². The van der Waals surface area contributed by atoms with Crippen LogP contribution in [0, 0.1) is 0 Å². The number of methoxy groups -OCH3 is 1. The van der Waals surface area contributed by atoms with Crippen molar-refractivity contribution in [2.24, 2.45) is 0 Å². The Balaban J connectivity index is 3.14. The van der Waals surface area contributed by atoms with Crippen molar-refractivity contribution in [2.75, 3.05) is 7.11 Å². The maximum atomic E-state index is 12.9. The summed E-state index contributed by atoms with van der Waals surface area (Å²) < 4.78 is 66.4. The molecule has 13 heavy (non-hydrogen) atoms. The van der Waals surface area contributed by atoms with Crippen molar-refractivity contribution in [1.29, 1.82) is 0 Å². The van der Waals surface area contributed by atoms with Gasteiger partial charge in [-0.05, 0) is 6.08 Å². The predicted molar refractivity (Wildman–Crippen MR) is 34.5 cm³/mol. The van der Waals surface area contributed by atoms with Crippen LogP contribution in [0.15, 0.2) is 12.2 Å². The minimum atomic E-state index is -5.10. The van der Waals surface area contributed by atoms with Gasteiger partial charge in [-0.2, -0.15) is 13.2 Å². The number of allylic oxidation sites excluding steroid dienone is 1. The third-order valence-corrected chi connectivity index (χ3v) is 2.01. The number of ether oxygens (including phenoxy) is 1. The van der Waals surface area contributed by atoms with Gasteiger partial charge in [0, 0.05) is 13.5 Å². The fraction of sp³-hybridized carbons (Fsp3) is 0.714. The monoisotopic (exact) mass is 202 g/mol. The summed E-state index contributed by atoms with van der Waals surface area (Å²) in [6, 6.07) is 0. The molecule has 1 unspecified atom stereocenters. The lowest BCUT2D eigenvalue weighted by molar-refractivity contribution is -0.312. The first kappa shape index (κ1) is 10.4. The average molecular weight is 202 g/mol. The van der Waals surface area contributed by atoms with Gasteiger partial charge in [-0.1, -0.05) is 6.08 Å². The van der Waals surface area contributed by atoms with Gasteiger partial charge in [-0.3, -0.25) is 0 Å². The molecule has 0 bridgehead atoms. The second-order valence-electron chi connectivity index (χ2n) is 2.75. The van der Waals surface area contributed by atoms with Crippen molar-refractivity contribution in [3.63, 3.8) is 0 Å². The molecule has 0 amide bonds. The zero-order valence-electron chi connectivity index (χ0n) is 6.66. The molecule has 0 aliphatic heterocycles. The maximum absolute atomic E-state index is 12.9. The van der Waals surface area contributed by atoms with E-state index in [0.717, 1.165) is 6.08 Å². The highest BCUT2D eigenvalue weighted by atomic mass is 19.4. The molecular weight excluding hydrogens is 195 g/mol. The second kappa shape index (κ2) is 2.67. The zero-order chi connectivity index (χ0) is 10.3. The van der Waals surface area contributed by atoms with Crippen LogP contribution in [-0.4, -0.2) is 24.8 Å². The van der Waals surface area contributed by atoms with Crippen LogP contribution in [0.1, 0.15) is 6.42 Å². The number of alkyl halides is 5. The molecular formula is C7H7F5O. The molecule has 0 N–H and O–H groups in total. The molecule has 6 heteroatoms. The molecule has 76 valence electrons. The normalized spacial score (nSPS) is 32.5. The lowest BCUT2D eigenvalue weighted by atomic mass is 9.98. The molecule has 0 heterocycles. The van der Waals surface area contributed by atoms with Crippen molar-refractivity contribution in [1.82, 2.24) is 0 Å². The molecule has 1 rings (SSSR count). The quantitative estimate of drug-likeness (QED) is 0.469. The van der Waals surface area contributed by atoms with Crippen LogP contribution in [0.25, 0.3) is 0 Å². The van der Waals surface area contributed by atoms with E-state index in [1.54, 1.807) is 0 Å². The molecule has 0 radical (unpaired) electrons. The molecule has 1 nitrogen and oxygen atoms in total. The number of hydrogen-bond donors (Lipinski definition) is 0. The first-order valence-electron chi connectivity index (χ1n) is 3.44. The highest BCUT2D eigenvalue weighted by Crippen LogP contribution is 2.50. The first-order chi connectivity index (χ1) is 5.77. The number of rotatable bonds is 1. The molecule has 1 aliphatic carbocycles. The minimum Gasteiger partial charge on any atom is -0.360 e. The Morgan fingerprint density at radius 2 is 1.85 bits per heavy atom. The number of halogens is 5. The van der Waals surface area contributed by atoms with Crippen molar-refractivity contribution < 1.29 is 26.7 Å². The van der Waals surface area contributed by atoms with Crippen LogP contribution in [0.4, 0.5) is 22.0 Å². The largest absolute Gasteiger partial charge is 0.427 e. The Bertz CT molecular complexity index is 232. The summed E-state index contributed by atoms with van der Waals surface area (Å²) in [5.74, 6) is -3.92. The van der Waals surface area contributed by atoms with E-state index >= 15 is 0 Å². The van der Waals surface area contributed by atoms with Crippen molar-refractivity contribution >= 4 is 0 Å². The fourth-order valence-corrected chi connectivity index (χ4v) is 1.28. The molecule has 0 saturated heterocycles. The molecule has 0 aromatic rings. The summed E-state index contributed by atoms with van der Waals surface area (Å²) in [6.07, 6.45) is -4.90. The number of hydrogen-bond acceptors (Lipinski definition) is 1. The Morgan fingerprint density at radius 1 is 1.31 bits per heavy atom. The topological polar surface area (TPSA) is 9.23 Å². The van der Waals surface area contributed by atoms with Gasteiger partial charge < -0.3 is 4.74 Å². The molecule has 0 fully saturated rings. The van der Waals surface area contributed by atoms with E-state index in [0.29, 0.717) is 13.2 Å². The van der Waals surface area contributed by atoms with Gasteiger partial charge >= 0.3 is 6.18 Å². The van der Waals surface area contributed by atoms with Crippen LogP contribution in [0.5, 0.6) is 0 Å². The first-order valence-corrected chi connectivity index (χ1v) is 3.44. The smallest absolute Gasteiger partial charge is 0.360 e. The molecule has 0 aromatic heterocycles. The van der Waals surface area contributed by atoms with Crippen LogP contribution in [-0.2, 0) is 4.74 Å². The van der Waals surface area contributed by atoms with Crippen LogP contribution in [0.3, 0.4) is 0 Å². The van der Waals surface area contributed by atoms with Crippen molar-refractivity contribution in [2.45, 2.75) is 24.1 Å². The third-order valence-electron chi connectivity index (χ3n) is 2.01. The van der Waals surface area contributed by atoms with Crippen LogP contribution < -0.4 is 0 Å². The third kappa shape index (κ3) is 1.23. The van der Waals surface area contributed by atoms with E-state index in [2.05, 4.69) is 4.74 Å². The van der Waals surface area contributed by atoms with Gasteiger partial charge in [0.05, 0.1) is 0 Å². The SMILES string of the molecule is COC1(C(F)(F)F)C=CCC1(F)F. The standard InChI is InChI=1S/C7H7F5O/c1-13-5(7(10,11)12)3-2-4-6(5,8)9/h2-3H,4H2,1H3. The van der Waals surface area contributed by atoms with Gasteiger partial charge in [0.2, 0.25) is 5.60 Å². The van der Waals surface area contributed by atoms with Gasteiger partial charge in [0.1, 0.15) is 0 Å². The van der Waals surface area contributed by atoms with Gasteiger partial charge in [-0.15, -0.1) is 0 Å². The fourth-order valence-electron chi connectivity index (χ4n) is 1.28. The minimum absolute atomic E-state index is 0.368. The maximum Gasteiger partial charge on any atom is 0.427 e. The molecule has 0 aromatic carbocycles. The highest BCUT2D eigenvalue weighted by Gasteiger charge is 2.70. The van der Waals surface area contributed by atoms with E-state index in [4.69, 9.17) is 0 Å². The zero-order valence-corrected chi connectivity index (χ0v) is 6.66. The van der Waals surface area contributed by atoms with E-state index in [1.165, 1.54) is 0 Å². The summed E-state index contributed by atoms with van der Waals surface area (Å²) in [4.78, 5) is 0. The lowest BCUT2D eigenvalue weighted by Gasteiger charge is -2.34. The van der Waals surface area contributed by atoms with Crippen molar-refractivity contribution in [3.05, 3.63) is 12.2 Å². The van der Waals surface area contributed by atoms with Crippen LogP contribution >= 0.6 is 0 Å². The summed E-state index contributed by atoms with van der Waals surface area (Å²) in [5, 5.41) is 0. The summed E-state index contributed by atoms with van der Waals surface area (Å²) >= 11 is 0. The average Bonchev–Trinajstić information content (AvgIpc) is 2.24. The van der Waals surface area contributed by atoms with E-state index in [9.17, 15) is 22.0 Å². The Labute approximate surface area is 71.2 Å². The lowest BCUT2D eigenvalue weighted by Crippen LogP contribution is -2.56. The molecule has 1 aliphatic rings. The van der Waals surface area contributed by atoms with Gasteiger partial charge in [0.25, 0.3) is 5.92 Å². The molecule has 0 saturated carbocycles. The molecule has 1 atom stereocenters. The Hall–Kier alpha value is -0.650. The van der Waals surface area contributed by atoms with Gasteiger partial charge in [-0.25, -0.2) is 8.78 Å². The summed E-state index contributed by atoms with van der Waals surface area (Å²) in [5.41, 5.74) is -3.44. The Kier molecular flexibility index (Phi) is 2.14. The van der Waals surface area contributed by atoms with Crippen molar-refractivity contribution in [3.8, 4) is 0 Å². The Morgan fingerprint density at radius 3 is 2.00 bits per heavy atom. The predicted octanol–water partition coefficient (Wildman–Crippen LogP) is 2.53. The molecule has 0 spiro atoms. The summed E-state index contributed by atoms with van der Waals surface area (Å²) in [7, 11) is 0.622. The van der Waals surface area contributed by atoms with E-state index in [-0.39, 0.29) is 0 Å². The van der Waals surface area contributed by atoms with Crippen LogP contribution in [0.2, 0.25) is 0 Å². The van der Waals surface area contributed by atoms with Gasteiger partial charge in [0.15, 0.2) is 0 Å². The highest BCUT2D eigenvalue weighted by molar-refractivity contribution is 5.22.